The molecule has 2 rings (SSSR count). The Hall–Kier alpha value is -1.52. The average molecular weight is 293 g/mol. The summed E-state index contributed by atoms with van der Waals surface area (Å²) in [6.07, 6.45) is 1.91. The fourth-order valence-electron chi connectivity index (χ4n) is 2.17. The molecule has 4 nitrogen and oxygen atoms in total. The Morgan fingerprint density at radius 2 is 2.15 bits per heavy atom. The van der Waals surface area contributed by atoms with Gasteiger partial charge in [-0.15, -0.1) is 0 Å². The van der Waals surface area contributed by atoms with E-state index >= 15 is 0 Å². The molecule has 0 radical (unpaired) electrons. The van der Waals surface area contributed by atoms with Crippen LogP contribution in [0.1, 0.15) is 24.2 Å². The zero-order chi connectivity index (χ0) is 14.7. The lowest BCUT2D eigenvalue weighted by Gasteiger charge is -2.16. The largest absolute Gasteiger partial charge is 0.348 e. The minimum absolute atomic E-state index is 0.242. The summed E-state index contributed by atoms with van der Waals surface area (Å²) in [5.41, 5.74) is 2.34. The van der Waals surface area contributed by atoms with E-state index in [1.54, 1.807) is 0 Å². The molecule has 0 amide bonds. The highest BCUT2D eigenvalue weighted by Gasteiger charge is 2.10. The molecule has 0 saturated carbocycles. The standard InChI is InChI=1S/C15H21ClN4/c1-11(12-6-5-7-13(16)8-12)17-9-14-10-18-15(19(2)3)20(14)4/h5-8,10-11,17H,9H2,1-4H3. The fourth-order valence-corrected chi connectivity index (χ4v) is 2.36. The van der Waals surface area contributed by atoms with Crippen LogP contribution in [0.2, 0.25) is 5.02 Å². The second-order valence-corrected chi connectivity index (χ2v) is 5.60. The first-order valence-electron chi connectivity index (χ1n) is 6.66. The molecule has 0 spiro atoms. The molecule has 1 unspecified atom stereocenters. The Kier molecular flexibility index (Phi) is 4.68. The van der Waals surface area contributed by atoms with Gasteiger partial charge in [0.2, 0.25) is 5.95 Å². The average Bonchev–Trinajstić information content (AvgIpc) is 2.77. The van der Waals surface area contributed by atoms with Crippen molar-refractivity contribution in [1.29, 1.82) is 0 Å². The molecule has 2 aromatic rings. The number of imidazole rings is 1. The highest BCUT2D eigenvalue weighted by atomic mass is 35.5. The summed E-state index contributed by atoms with van der Waals surface area (Å²) in [6.45, 7) is 2.90. The Balaban J connectivity index is 2.02. The van der Waals surface area contributed by atoms with Gasteiger partial charge in [-0.2, -0.15) is 0 Å². The topological polar surface area (TPSA) is 33.1 Å². The van der Waals surface area contributed by atoms with Crippen molar-refractivity contribution >= 4 is 17.5 Å². The third kappa shape index (κ3) is 3.32. The summed E-state index contributed by atoms with van der Waals surface area (Å²) in [6, 6.07) is 8.18. The number of hydrogen-bond donors (Lipinski definition) is 1. The quantitative estimate of drug-likeness (QED) is 0.920. The van der Waals surface area contributed by atoms with E-state index in [-0.39, 0.29) is 6.04 Å². The first kappa shape index (κ1) is 14.9. The normalized spacial score (nSPS) is 12.4. The summed E-state index contributed by atoms with van der Waals surface area (Å²) < 4.78 is 2.09. The van der Waals surface area contributed by atoms with Crippen molar-refractivity contribution in [1.82, 2.24) is 14.9 Å². The van der Waals surface area contributed by atoms with Crippen LogP contribution < -0.4 is 10.2 Å². The SMILES string of the molecule is CC(NCc1cnc(N(C)C)n1C)c1cccc(Cl)c1. The van der Waals surface area contributed by atoms with Crippen molar-refractivity contribution in [3.8, 4) is 0 Å². The van der Waals surface area contributed by atoms with Crippen molar-refractivity contribution in [3.05, 3.63) is 46.7 Å². The van der Waals surface area contributed by atoms with Gasteiger partial charge in [0.15, 0.2) is 0 Å². The third-order valence-corrected chi connectivity index (χ3v) is 3.63. The fraction of sp³-hybridized carbons (Fsp3) is 0.400. The Bertz CT molecular complexity index is 577. The maximum atomic E-state index is 6.02. The second kappa shape index (κ2) is 6.29. The molecule has 20 heavy (non-hydrogen) atoms. The summed E-state index contributed by atoms with van der Waals surface area (Å²) in [4.78, 5) is 6.41. The van der Waals surface area contributed by atoms with Gasteiger partial charge in [0.25, 0.3) is 0 Å². The van der Waals surface area contributed by atoms with Crippen LogP contribution in [0, 0.1) is 0 Å². The Morgan fingerprint density at radius 1 is 1.40 bits per heavy atom. The van der Waals surface area contributed by atoms with Crippen LogP contribution in [-0.2, 0) is 13.6 Å². The molecule has 0 aliphatic carbocycles. The van der Waals surface area contributed by atoms with Crippen molar-refractivity contribution in [2.45, 2.75) is 19.5 Å². The zero-order valence-electron chi connectivity index (χ0n) is 12.4. The van der Waals surface area contributed by atoms with Gasteiger partial charge in [0, 0.05) is 38.8 Å². The Labute approximate surface area is 125 Å². The van der Waals surface area contributed by atoms with Crippen LogP contribution in [0.3, 0.4) is 0 Å². The van der Waals surface area contributed by atoms with Crippen molar-refractivity contribution < 1.29 is 0 Å². The maximum absolute atomic E-state index is 6.02. The van der Waals surface area contributed by atoms with Crippen molar-refractivity contribution in [3.63, 3.8) is 0 Å². The highest BCUT2D eigenvalue weighted by molar-refractivity contribution is 6.30. The molecule has 1 aromatic heterocycles. The number of nitrogens with zero attached hydrogens (tertiary/aromatic N) is 3. The molecular formula is C15H21ClN4. The molecule has 108 valence electrons. The van der Waals surface area contributed by atoms with E-state index in [1.807, 2.05) is 50.4 Å². The number of halogens is 1. The van der Waals surface area contributed by atoms with Gasteiger partial charge in [0.1, 0.15) is 0 Å². The molecule has 1 atom stereocenters. The number of anilines is 1. The molecule has 0 bridgehead atoms. The summed E-state index contributed by atoms with van der Waals surface area (Å²) in [5.74, 6) is 0.956. The van der Waals surface area contributed by atoms with E-state index in [2.05, 4.69) is 27.9 Å². The lowest BCUT2D eigenvalue weighted by molar-refractivity contribution is 0.558. The molecule has 1 N–H and O–H groups in total. The lowest BCUT2D eigenvalue weighted by atomic mass is 10.1. The van der Waals surface area contributed by atoms with Gasteiger partial charge in [0.05, 0.1) is 11.9 Å². The number of nitrogens with one attached hydrogen (secondary N) is 1. The minimum atomic E-state index is 0.242. The molecule has 0 fully saturated rings. The van der Waals surface area contributed by atoms with Crippen LogP contribution in [0.5, 0.6) is 0 Å². The third-order valence-electron chi connectivity index (χ3n) is 3.40. The van der Waals surface area contributed by atoms with Crippen LogP contribution in [0.25, 0.3) is 0 Å². The van der Waals surface area contributed by atoms with Gasteiger partial charge in [-0.05, 0) is 24.6 Å². The molecule has 1 aromatic carbocycles. The van der Waals surface area contributed by atoms with Crippen molar-refractivity contribution in [2.75, 3.05) is 19.0 Å². The minimum Gasteiger partial charge on any atom is -0.348 e. The van der Waals surface area contributed by atoms with Gasteiger partial charge >= 0.3 is 0 Å². The number of rotatable bonds is 5. The van der Waals surface area contributed by atoms with Crippen LogP contribution in [0.15, 0.2) is 30.5 Å². The molecular weight excluding hydrogens is 272 g/mol. The second-order valence-electron chi connectivity index (χ2n) is 5.16. The monoisotopic (exact) mass is 292 g/mol. The van der Waals surface area contributed by atoms with E-state index in [9.17, 15) is 0 Å². The molecule has 0 aliphatic heterocycles. The number of aromatic nitrogens is 2. The zero-order valence-corrected chi connectivity index (χ0v) is 13.1. The van der Waals surface area contributed by atoms with E-state index in [1.165, 1.54) is 5.56 Å². The van der Waals surface area contributed by atoms with Crippen LogP contribution in [0.4, 0.5) is 5.95 Å². The first-order chi connectivity index (χ1) is 9.49. The van der Waals surface area contributed by atoms with Gasteiger partial charge in [-0.25, -0.2) is 4.98 Å². The molecule has 0 aliphatic rings. The van der Waals surface area contributed by atoms with E-state index in [0.717, 1.165) is 23.2 Å². The molecule has 1 heterocycles. The summed E-state index contributed by atoms with van der Waals surface area (Å²) in [7, 11) is 6.02. The smallest absolute Gasteiger partial charge is 0.204 e. The van der Waals surface area contributed by atoms with Gasteiger partial charge < -0.3 is 14.8 Å². The van der Waals surface area contributed by atoms with E-state index in [4.69, 9.17) is 11.6 Å². The molecule has 0 saturated heterocycles. The first-order valence-corrected chi connectivity index (χ1v) is 7.03. The maximum Gasteiger partial charge on any atom is 0.204 e. The van der Waals surface area contributed by atoms with Crippen molar-refractivity contribution in [2.24, 2.45) is 7.05 Å². The van der Waals surface area contributed by atoms with Gasteiger partial charge in [-0.1, -0.05) is 23.7 Å². The number of benzene rings is 1. The lowest BCUT2D eigenvalue weighted by Crippen LogP contribution is -2.20. The summed E-state index contributed by atoms with van der Waals surface area (Å²) >= 11 is 6.02. The molecule has 5 heteroatoms. The van der Waals surface area contributed by atoms with Crippen LogP contribution in [-0.4, -0.2) is 23.6 Å². The summed E-state index contributed by atoms with van der Waals surface area (Å²) in [5, 5.41) is 4.27. The Morgan fingerprint density at radius 3 is 2.75 bits per heavy atom. The predicted molar refractivity (Wildman–Crippen MR) is 84.2 cm³/mol. The van der Waals surface area contributed by atoms with E-state index < -0.39 is 0 Å². The van der Waals surface area contributed by atoms with E-state index in [0.29, 0.717) is 0 Å². The highest BCUT2D eigenvalue weighted by Crippen LogP contribution is 2.18. The van der Waals surface area contributed by atoms with Gasteiger partial charge in [-0.3, -0.25) is 0 Å². The van der Waals surface area contributed by atoms with Crippen LogP contribution >= 0.6 is 11.6 Å². The predicted octanol–water partition coefficient (Wildman–Crippen LogP) is 2.99. The number of hydrogen-bond acceptors (Lipinski definition) is 3.